The first-order valence-corrected chi connectivity index (χ1v) is 12.0. The molecule has 2 N–H and O–H groups in total. The van der Waals surface area contributed by atoms with Gasteiger partial charge in [-0.15, -0.1) is 11.3 Å². The fourth-order valence-electron chi connectivity index (χ4n) is 3.89. The molecule has 32 heavy (non-hydrogen) atoms. The number of Topliss-reactive ketones (excluding diaryl/α,β-unsaturated/α-hetero) is 1. The van der Waals surface area contributed by atoms with Crippen LogP contribution in [-0.4, -0.2) is 21.1 Å². The van der Waals surface area contributed by atoms with Crippen molar-refractivity contribution >= 4 is 39.1 Å². The van der Waals surface area contributed by atoms with E-state index in [0.29, 0.717) is 16.1 Å². The Hall–Kier alpha value is -2.96. The van der Waals surface area contributed by atoms with E-state index in [2.05, 4.69) is 11.9 Å². The number of carbonyl (C=O) groups is 1. The number of aromatic nitrogens is 2. The Kier molecular flexibility index (Phi) is 6.17. The first-order valence-electron chi connectivity index (χ1n) is 10.2. The predicted octanol–water partition coefficient (Wildman–Crippen LogP) is 4.13. The lowest BCUT2D eigenvalue weighted by molar-refractivity contribution is -0.112. The lowest BCUT2D eigenvalue weighted by Gasteiger charge is -2.18. The molecule has 2 heterocycles. The summed E-state index contributed by atoms with van der Waals surface area (Å²) in [5, 5.41) is 9.94. The van der Waals surface area contributed by atoms with Crippen LogP contribution in [0.5, 0.6) is 0 Å². The second-order valence-electron chi connectivity index (χ2n) is 7.90. The molecular weight excluding hydrogens is 447 g/mol. The van der Waals surface area contributed by atoms with Crippen LogP contribution in [0.3, 0.4) is 0 Å². The van der Waals surface area contributed by atoms with E-state index in [9.17, 15) is 19.2 Å². The number of ketones is 1. The summed E-state index contributed by atoms with van der Waals surface area (Å²) in [6, 6.07) is 7.81. The molecule has 0 fully saturated rings. The molecule has 0 amide bonds. The number of para-hydroxylation sites is 1. The van der Waals surface area contributed by atoms with E-state index in [4.69, 9.17) is 5.73 Å². The number of aryl methyl sites for hydroxylation is 1. The van der Waals surface area contributed by atoms with Crippen LogP contribution in [0.25, 0.3) is 15.9 Å². The quantitative estimate of drug-likeness (QED) is 0.261. The molecule has 0 spiro atoms. The van der Waals surface area contributed by atoms with Gasteiger partial charge in [-0.25, -0.2) is 9.37 Å². The molecular formula is C23H21FN4O2S2. The number of nitrogens with zero attached hydrogens (tertiary/aromatic N) is 3. The van der Waals surface area contributed by atoms with Crippen molar-refractivity contribution in [1.82, 2.24) is 9.55 Å². The summed E-state index contributed by atoms with van der Waals surface area (Å²) in [6.45, 7) is 3.67. The monoisotopic (exact) mass is 468 g/mol. The number of nitrogens with two attached hydrogens (primary N) is 1. The van der Waals surface area contributed by atoms with E-state index in [1.807, 2.05) is 6.07 Å². The fraction of sp³-hybridized carbons (Fsp3) is 0.304. The van der Waals surface area contributed by atoms with Crippen LogP contribution in [0.2, 0.25) is 0 Å². The molecule has 164 valence electrons. The zero-order valence-electron chi connectivity index (χ0n) is 17.6. The number of halogens is 1. The molecule has 1 aromatic carbocycles. The molecule has 9 heteroatoms. The second kappa shape index (κ2) is 8.88. The van der Waals surface area contributed by atoms with Gasteiger partial charge in [-0.05, 0) is 49.8 Å². The molecule has 0 radical (unpaired) electrons. The van der Waals surface area contributed by atoms with Crippen LogP contribution in [0.4, 0.5) is 4.39 Å². The summed E-state index contributed by atoms with van der Waals surface area (Å²) in [5.41, 5.74) is 6.39. The summed E-state index contributed by atoms with van der Waals surface area (Å²) >= 11 is 2.49. The van der Waals surface area contributed by atoms with Crippen LogP contribution in [0.1, 0.15) is 30.7 Å². The molecule has 1 aliphatic carbocycles. The van der Waals surface area contributed by atoms with Gasteiger partial charge in [0.25, 0.3) is 5.56 Å². The molecule has 1 aliphatic rings. The highest BCUT2D eigenvalue weighted by Gasteiger charge is 2.26. The van der Waals surface area contributed by atoms with E-state index >= 15 is 0 Å². The average molecular weight is 469 g/mol. The molecule has 0 saturated carbocycles. The second-order valence-corrected chi connectivity index (χ2v) is 9.93. The number of hydrogen-bond donors (Lipinski definition) is 1. The summed E-state index contributed by atoms with van der Waals surface area (Å²) in [4.78, 5) is 32.6. The van der Waals surface area contributed by atoms with E-state index < -0.39 is 11.6 Å². The predicted molar refractivity (Wildman–Crippen MR) is 125 cm³/mol. The SMILES string of the molecule is C/C(N)=C(/C#N)C(=O)CSc1nc2sc3c(c2c(=O)n1-c1ccccc1F)CC[C@@H](C)C3. The van der Waals surface area contributed by atoms with Gasteiger partial charge in [0.1, 0.15) is 22.3 Å². The minimum Gasteiger partial charge on any atom is -0.401 e. The Balaban J connectivity index is 1.88. The normalized spacial score (nSPS) is 16.4. The first-order chi connectivity index (χ1) is 15.3. The highest BCUT2D eigenvalue weighted by Crippen LogP contribution is 2.37. The van der Waals surface area contributed by atoms with Crippen LogP contribution >= 0.6 is 23.1 Å². The fourth-order valence-corrected chi connectivity index (χ4v) is 6.19. The number of thioether (sulfide) groups is 1. The minimum atomic E-state index is -0.558. The Morgan fingerprint density at radius 3 is 2.88 bits per heavy atom. The topological polar surface area (TPSA) is 102 Å². The zero-order valence-corrected chi connectivity index (χ0v) is 19.3. The number of fused-ring (bicyclic) bond motifs is 3. The van der Waals surface area contributed by atoms with Crippen molar-refractivity contribution in [2.24, 2.45) is 11.7 Å². The number of benzene rings is 1. The van der Waals surface area contributed by atoms with Gasteiger partial charge in [0, 0.05) is 10.6 Å². The van der Waals surface area contributed by atoms with E-state index in [1.165, 1.54) is 35.0 Å². The third-order valence-electron chi connectivity index (χ3n) is 5.51. The van der Waals surface area contributed by atoms with Crippen LogP contribution in [0, 0.1) is 23.1 Å². The number of rotatable bonds is 5. The maximum Gasteiger partial charge on any atom is 0.267 e. The van der Waals surface area contributed by atoms with Gasteiger partial charge in [-0.1, -0.05) is 30.8 Å². The van der Waals surface area contributed by atoms with Crippen LogP contribution < -0.4 is 11.3 Å². The van der Waals surface area contributed by atoms with Gasteiger partial charge >= 0.3 is 0 Å². The summed E-state index contributed by atoms with van der Waals surface area (Å²) < 4.78 is 16.0. The number of hydrogen-bond acceptors (Lipinski definition) is 7. The van der Waals surface area contributed by atoms with E-state index in [0.717, 1.165) is 41.5 Å². The van der Waals surface area contributed by atoms with Gasteiger partial charge in [-0.2, -0.15) is 5.26 Å². The number of nitriles is 1. The smallest absolute Gasteiger partial charge is 0.267 e. The minimum absolute atomic E-state index is 0.0806. The summed E-state index contributed by atoms with van der Waals surface area (Å²) in [6.07, 6.45) is 2.68. The highest BCUT2D eigenvalue weighted by molar-refractivity contribution is 7.99. The van der Waals surface area contributed by atoms with Crippen molar-refractivity contribution in [3.63, 3.8) is 0 Å². The average Bonchev–Trinajstić information content (AvgIpc) is 3.11. The molecule has 0 saturated heterocycles. The van der Waals surface area contributed by atoms with Gasteiger partial charge in [-0.3, -0.25) is 14.2 Å². The van der Waals surface area contributed by atoms with Crippen molar-refractivity contribution in [1.29, 1.82) is 5.26 Å². The lowest BCUT2D eigenvalue weighted by Crippen LogP contribution is -2.24. The zero-order chi connectivity index (χ0) is 23.0. The van der Waals surface area contributed by atoms with Crippen LogP contribution in [0.15, 0.2) is 45.5 Å². The molecule has 2 aromatic heterocycles. The maximum atomic E-state index is 14.7. The molecule has 3 aromatic rings. The number of allylic oxidation sites excluding steroid dienone is 2. The summed E-state index contributed by atoms with van der Waals surface area (Å²) in [7, 11) is 0. The van der Waals surface area contributed by atoms with E-state index in [-0.39, 0.29) is 33.4 Å². The third kappa shape index (κ3) is 3.96. The van der Waals surface area contributed by atoms with Crippen molar-refractivity contribution in [2.75, 3.05) is 5.75 Å². The maximum absolute atomic E-state index is 14.7. The Bertz CT molecular complexity index is 1360. The van der Waals surface area contributed by atoms with Crippen molar-refractivity contribution in [3.8, 4) is 11.8 Å². The molecule has 0 unspecified atom stereocenters. The van der Waals surface area contributed by atoms with Gasteiger partial charge in [0.15, 0.2) is 10.9 Å². The number of carbonyl (C=O) groups excluding carboxylic acids is 1. The van der Waals surface area contributed by atoms with Crippen LogP contribution in [-0.2, 0) is 17.6 Å². The van der Waals surface area contributed by atoms with Crippen molar-refractivity contribution in [3.05, 3.63) is 62.1 Å². The van der Waals surface area contributed by atoms with Gasteiger partial charge in [0.05, 0.1) is 16.8 Å². The molecule has 0 aliphatic heterocycles. The highest BCUT2D eigenvalue weighted by atomic mass is 32.2. The first kappa shape index (κ1) is 22.2. The molecule has 0 bridgehead atoms. The lowest BCUT2D eigenvalue weighted by atomic mass is 9.89. The Morgan fingerprint density at radius 1 is 1.44 bits per heavy atom. The molecule has 4 rings (SSSR count). The Morgan fingerprint density at radius 2 is 2.19 bits per heavy atom. The standard InChI is InChI=1S/C23H21FN4O2S2/c1-12-7-8-14-19(9-12)32-21-20(14)22(30)28(17-6-4-3-5-16(17)24)23(27-21)31-11-18(29)15(10-25)13(2)26/h3-6,12H,7-9,11,26H2,1-2H3/b15-13+/t12-/m1/s1. The van der Waals surface area contributed by atoms with Gasteiger partial charge in [0.2, 0.25) is 0 Å². The van der Waals surface area contributed by atoms with Crippen molar-refractivity contribution < 1.29 is 9.18 Å². The third-order valence-corrected chi connectivity index (χ3v) is 7.60. The Labute approximate surface area is 192 Å². The molecule has 6 nitrogen and oxygen atoms in total. The van der Waals surface area contributed by atoms with E-state index in [1.54, 1.807) is 12.1 Å². The van der Waals surface area contributed by atoms with Crippen molar-refractivity contribution in [2.45, 2.75) is 38.3 Å². The number of thiophene rings is 1. The summed E-state index contributed by atoms with van der Waals surface area (Å²) in [5.74, 6) is -0.638. The largest absolute Gasteiger partial charge is 0.401 e. The molecule has 1 atom stereocenters. The van der Waals surface area contributed by atoms with Gasteiger partial charge < -0.3 is 5.73 Å².